The molecule has 7 nitrogen and oxygen atoms in total. The predicted molar refractivity (Wildman–Crippen MR) is 74.4 cm³/mol. The quantitative estimate of drug-likeness (QED) is 0.850. The summed E-state index contributed by atoms with van der Waals surface area (Å²) in [4.78, 5) is 37.7. The molecule has 7 heteroatoms. The number of imide groups is 2. The maximum Gasteiger partial charge on any atom is 0.335 e. The van der Waals surface area contributed by atoms with Crippen molar-refractivity contribution in [1.82, 2.24) is 15.1 Å². The number of aromatic nitrogens is 2. The van der Waals surface area contributed by atoms with Crippen molar-refractivity contribution < 1.29 is 14.4 Å². The number of anilines is 1. The molecule has 2 fully saturated rings. The molecule has 1 saturated carbocycles. The second-order valence-corrected chi connectivity index (χ2v) is 5.54. The van der Waals surface area contributed by atoms with Crippen molar-refractivity contribution in [1.29, 1.82) is 0 Å². The van der Waals surface area contributed by atoms with E-state index in [-0.39, 0.29) is 5.92 Å². The number of hydrogen-bond donors (Lipinski definition) is 1. The highest BCUT2D eigenvalue weighted by Crippen LogP contribution is 2.34. The van der Waals surface area contributed by atoms with Gasteiger partial charge in [0.2, 0.25) is 11.8 Å². The van der Waals surface area contributed by atoms with Gasteiger partial charge in [0.1, 0.15) is 5.92 Å². The Balaban J connectivity index is 1.90. The normalized spacial score (nSPS) is 23.8. The lowest BCUT2D eigenvalue weighted by atomic mass is 9.87. The van der Waals surface area contributed by atoms with E-state index in [9.17, 15) is 14.4 Å². The van der Waals surface area contributed by atoms with Gasteiger partial charge in [-0.2, -0.15) is 5.10 Å². The van der Waals surface area contributed by atoms with Crippen LogP contribution in [0.3, 0.4) is 0 Å². The molecule has 1 atom stereocenters. The molecule has 0 spiro atoms. The number of nitrogens with one attached hydrogen (secondary N) is 1. The Labute approximate surface area is 122 Å². The summed E-state index contributed by atoms with van der Waals surface area (Å²) in [5.41, 5.74) is 0.412. The summed E-state index contributed by atoms with van der Waals surface area (Å²) in [6.07, 6.45) is 6.90. The Morgan fingerprint density at radius 3 is 2.62 bits per heavy atom. The number of carbonyl (C=O) groups excluding carboxylic acids is 3. The highest BCUT2D eigenvalue weighted by Gasteiger charge is 2.46. The van der Waals surface area contributed by atoms with Crippen molar-refractivity contribution in [2.75, 3.05) is 4.90 Å². The van der Waals surface area contributed by atoms with Crippen LogP contribution >= 0.6 is 0 Å². The summed E-state index contributed by atoms with van der Waals surface area (Å²) in [7, 11) is 0. The third kappa shape index (κ3) is 2.32. The number of carbonyl (C=O) groups is 3. The molecule has 21 heavy (non-hydrogen) atoms. The minimum Gasteiger partial charge on any atom is -0.277 e. The van der Waals surface area contributed by atoms with Crippen molar-refractivity contribution in [3.63, 3.8) is 0 Å². The number of urea groups is 1. The topological polar surface area (TPSA) is 84.3 Å². The molecule has 3 rings (SSSR count). The van der Waals surface area contributed by atoms with Gasteiger partial charge < -0.3 is 0 Å². The Morgan fingerprint density at radius 2 is 2.00 bits per heavy atom. The van der Waals surface area contributed by atoms with Crippen LogP contribution in [0.15, 0.2) is 12.4 Å². The van der Waals surface area contributed by atoms with Crippen LogP contribution in [-0.4, -0.2) is 27.6 Å². The van der Waals surface area contributed by atoms with Crippen LogP contribution < -0.4 is 10.2 Å². The van der Waals surface area contributed by atoms with E-state index in [1.54, 1.807) is 10.9 Å². The fourth-order valence-corrected chi connectivity index (χ4v) is 3.18. The van der Waals surface area contributed by atoms with Crippen LogP contribution in [0.4, 0.5) is 10.5 Å². The second-order valence-electron chi connectivity index (χ2n) is 5.54. The van der Waals surface area contributed by atoms with Gasteiger partial charge in [0.15, 0.2) is 0 Å². The first-order chi connectivity index (χ1) is 10.1. The van der Waals surface area contributed by atoms with Crippen LogP contribution in [0.2, 0.25) is 0 Å². The van der Waals surface area contributed by atoms with Gasteiger partial charge in [0, 0.05) is 12.7 Å². The highest BCUT2D eigenvalue weighted by molar-refractivity contribution is 6.27. The summed E-state index contributed by atoms with van der Waals surface area (Å²) in [6.45, 7) is 2.56. The van der Waals surface area contributed by atoms with E-state index in [2.05, 4.69) is 10.4 Å². The summed E-state index contributed by atoms with van der Waals surface area (Å²) in [5, 5.41) is 6.38. The van der Waals surface area contributed by atoms with Crippen LogP contribution in [0.1, 0.15) is 32.6 Å². The molecule has 1 aromatic heterocycles. The second kappa shape index (κ2) is 5.31. The van der Waals surface area contributed by atoms with Crippen molar-refractivity contribution in [3.8, 4) is 0 Å². The number of aryl methyl sites for hydroxylation is 1. The minimum atomic E-state index is -0.754. The van der Waals surface area contributed by atoms with Crippen molar-refractivity contribution in [3.05, 3.63) is 12.4 Å². The highest BCUT2D eigenvalue weighted by atomic mass is 16.2. The monoisotopic (exact) mass is 290 g/mol. The summed E-state index contributed by atoms with van der Waals surface area (Å²) in [6, 6.07) is -0.685. The van der Waals surface area contributed by atoms with E-state index in [1.807, 2.05) is 6.92 Å². The lowest BCUT2D eigenvalue weighted by Gasteiger charge is -2.31. The Hall–Kier alpha value is -2.18. The molecule has 1 saturated heterocycles. The summed E-state index contributed by atoms with van der Waals surface area (Å²) in [5.74, 6) is -1.60. The molecule has 1 unspecified atom stereocenters. The van der Waals surface area contributed by atoms with Gasteiger partial charge in [0.25, 0.3) is 0 Å². The number of rotatable bonds is 3. The zero-order valence-electron chi connectivity index (χ0n) is 11.9. The smallest absolute Gasteiger partial charge is 0.277 e. The average Bonchev–Trinajstić information content (AvgIpc) is 3.09. The van der Waals surface area contributed by atoms with Gasteiger partial charge in [-0.3, -0.25) is 19.6 Å². The lowest BCUT2D eigenvalue weighted by Crippen LogP contribution is -2.59. The molecule has 0 radical (unpaired) electrons. The number of barbiturate groups is 1. The van der Waals surface area contributed by atoms with Gasteiger partial charge in [-0.05, 0) is 25.7 Å². The zero-order chi connectivity index (χ0) is 15.0. The SMILES string of the molecule is CCn1cc(N2C(=O)NC(=O)C(C3CCCC3)C2=O)cn1. The Morgan fingerprint density at radius 1 is 1.29 bits per heavy atom. The van der Waals surface area contributed by atoms with Gasteiger partial charge in [0.05, 0.1) is 11.9 Å². The van der Waals surface area contributed by atoms with E-state index in [1.165, 1.54) is 6.20 Å². The fourth-order valence-electron chi connectivity index (χ4n) is 3.18. The summed E-state index contributed by atoms with van der Waals surface area (Å²) >= 11 is 0. The predicted octanol–water partition coefficient (Wildman–Crippen LogP) is 1.29. The largest absolute Gasteiger partial charge is 0.335 e. The Bertz CT molecular complexity index is 589. The molecule has 2 aliphatic rings. The maximum atomic E-state index is 12.6. The van der Waals surface area contributed by atoms with E-state index < -0.39 is 23.8 Å². The van der Waals surface area contributed by atoms with Crippen LogP contribution in [-0.2, 0) is 16.1 Å². The molecule has 1 aliphatic heterocycles. The molecular weight excluding hydrogens is 272 g/mol. The van der Waals surface area contributed by atoms with Crippen molar-refractivity contribution in [2.24, 2.45) is 11.8 Å². The molecule has 1 N–H and O–H groups in total. The molecule has 0 bridgehead atoms. The molecule has 0 aromatic carbocycles. The first-order valence-corrected chi connectivity index (χ1v) is 7.33. The van der Waals surface area contributed by atoms with Crippen molar-refractivity contribution >= 4 is 23.5 Å². The van der Waals surface area contributed by atoms with E-state index in [4.69, 9.17) is 0 Å². The third-order valence-corrected chi connectivity index (χ3v) is 4.28. The van der Waals surface area contributed by atoms with E-state index in [0.717, 1.165) is 30.6 Å². The van der Waals surface area contributed by atoms with Crippen molar-refractivity contribution in [2.45, 2.75) is 39.2 Å². The molecule has 2 heterocycles. The average molecular weight is 290 g/mol. The molecule has 112 valence electrons. The molecular formula is C14H18N4O3. The van der Waals surface area contributed by atoms with Gasteiger partial charge in [-0.25, -0.2) is 9.69 Å². The number of hydrogen-bond acceptors (Lipinski definition) is 4. The standard InChI is InChI=1S/C14H18N4O3/c1-2-17-8-10(7-15-17)18-13(20)11(9-5-3-4-6-9)12(19)16-14(18)21/h7-9,11H,2-6H2,1H3,(H,16,19,21). The number of amides is 4. The Kier molecular flexibility index (Phi) is 3.48. The maximum absolute atomic E-state index is 12.6. The zero-order valence-corrected chi connectivity index (χ0v) is 11.9. The van der Waals surface area contributed by atoms with Gasteiger partial charge in [-0.1, -0.05) is 12.8 Å². The lowest BCUT2D eigenvalue weighted by molar-refractivity contribution is -0.136. The van der Waals surface area contributed by atoms with E-state index in [0.29, 0.717) is 12.2 Å². The van der Waals surface area contributed by atoms with Crippen LogP contribution in [0, 0.1) is 11.8 Å². The fraction of sp³-hybridized carbons (Fsp3) is 0.571. The first kappa shape index (κ1) is 13.8. The number of nitrogens with zero attached hydrogens (tertiary/aromatic N) is 3. The minimum absolute atomic E-state index is 0.0364. The first-order valence-electron chi connectivity index (χ1n) is 7.33. The molecule has 1 aliphatic carbocycles. The molecule has 4 amide bonds. The van der Waals surface area contributed by atoms with E-state index >= 15 is 0 Å². The van der Waals surface area contributed by atoms with Crippen LogP contribution in [0.25, 0.3) is 0 Å². The third-order valence-electron chi connectivity index (χ3n) is 4.28. The van der Waals surface area contributed by atoms with Gasteiger partial charge >= 0.3 is 6.03 Å². The van der Waals surface area contributed by atoms with Gasteiger partial charge in [-0.15, -0.1) is 0 Å². The summed E-state index contributed by atoms with van der Waals surface area (Å²) < 4.78 is 1.64. The van der Waals surface area contributed by atoms with Crippen LogP contribution in [0.5, 0.6) is 0 Å². The molecule has 1 aromatic rings.